The monoisotopic (exact) mass is 667 g/mol. The van der Waals surface area contributed by atoms with E-state index in [0.29, 0.717) is 17.1 Å². The average Bonchev–Trinajstić information content (AvgIpc) is 3.17. The molecule has 3 aromatic heterocycles. The topological polar surface area (TPSA) is 60.2 Å². The molecule has 0 saturated heterocycles. The van der Waals surface area contributed by atoms with Gasteiger partial charge in [0.25, 0.3) is 0 Å². The van der Waals surface area contributed by atoms with Gasteiger partial charge in [-0.2, -0.15) is 6.07 Å². The smallest absolute Gasteiger partial charge is 0.217 e. The Hall–Kier alpha value is -3.69. The minimum absolute atomic E-state index is 0. The molecule has 6 aromatic rings. The van der Waals surface area contributed by atoms with Crippen LogP contribution in [-0.4, -0.2) is 19.6 Å². The average molecular weight is 668 g/mol. The van der Waals surface area contributed by atoms with Crippen LogP contribution in [0.1, 0.15) is 32.0 Å². The Balaban J connectivity index is 0.00000280. The molecule has 0 radical (unpaired) electrons. The number of phenols is 1. The number of aromatic nitrogens is 3. The van der Waals surface area contributed by atoms with Crippen molar-refractivity contribution in [2.75, 3.05) is 0 Å². The Morgan fingerprint density at radius 2 is 1.68 bits per heavy atom. The molecule has 0 fully saturated rings. The maximum absolute atomic E-state index is 10.2. The second-order valence-corrected chi connectivity index (χ2v) is 10.1. The van der Waals surface area contributed by atoms with Crippen LogP contribution in [0.4, 0.5) is 0 Å². The summed E-state index contributed by atoms with van der Waals surface area (Å²) in [5.74, 6) is 1.89. The third-order valence-electron chi connectivity index (χ3n) is 6.51. The molecule has 0 atom stereocenters. The fourth-order valence-electron chi connectivity index (χ4n) is 4.62. The summed E-state index contributed by atoms with van der Waals surface area (Å²) >= 11 is 0. The zero-order valence-electron chi connectivity index (χ0n) is 21.0. The van der Waals surface area contributed by atoms with E-state index >= 15 is 0 Å². The minimum atomic E-state index is 0. The van der Waals surface area contributed by atoms with E-state index in [1.165, 1.54) is 5.56 Å². The molecule has 0 bridgehead atoms. The molecule has 37 heavy (non-hydrogen) atoms. The zero-order chi connectivity index (χ0) is 25.0. The van der Waals surface area contributed by atoms with Gasteiger partial charge in [-0.1, -0.05) is 56.6 Å². The molecular formula is C31H26N3O2Pt-. The van der Waals surface area contributed by atoms with E-state index in [1.807, 2.05) is 43.3 Å². The quantitative estimate of drug-likeness (QED) is 0.197. The number of hydrogen-bond acceptors (Lipinski definition) is 4. The fourth-order valence-corrected chi connectivity index (χ4v) is 4.62. The first-order valence-corrected chi connectivity index (χ1v) is 12.0. The molecular weight excluding hydrogens is 641 g/mol. The number of para-hydroxylation sites is 1. The molecule has 0 aliphatic heterocycles. The molecule has 6 heteroatoms. The van der Waals surface area contributed by atoms with Crippen LogP contribution in [0.5, 0.6) is 17.4 Å². The Bertz CT molecular complexity index is 1780. The van der Waals surface area contributed by atoms with E-state index in [9.17, 15) is 5.11 Å². The molecule has 0 unspecified atom stereocenters. The first kappa shape index (κ1) is 25.0. The number of benzene rings is 3. The number of hydrogen-bond donors (Lipinski definition) is 1. The summed E-state index contributed by atoms with van der Waals surface area (Å²) in [4.78, 5) is 9.32. The van der Waals surface area contributed by atoms with Gasteiger partial charge in [-0.3, -0.25) is 0 Å². The number of ether oxygens (including phenoxy) is 1. The second-order valence-electron chi connectivity index (χ2n) is 10.1. The van der Waals surface area contributed by atoms with E-state index in [4.69, 9.17) is 9.72 Å². The molecule has 3 heterocycles. The van der Waals surface area contributed by atoms with Gasteiger partial charge in [0.05, 0.1) is 0 Å². The predicted molar refractivity (Wildman–Crippen MR) is 144 cm³/mol. The molecule has 188 valence electrons. The van der Waals surface area contributed by atoms with Crippen LogP contribution in [0, 0.1) is 13.0 Å². The summed E-state index contributed by atoms with van der Waals surface area (Å²) in [6, 6.07) is 29.1. The van der Waals surface area contributed by atoms with E-state index in [1.54, 1.807) is 18.2 Å². The van der Waals surface area contributed by atoms with Gasteiger partial charge in [0.2, 0.25) is 5.88 Å². The fraction of sp³-hybridized carbons (Fsp3) is 0.161. The van der Waals surface area contributed by atoms with Crippen LogP contribution in [-0.2, 0) is 26.5 Å². The zero-order valence-corrected chi connectivity index (χ0v) is 23.3. The summed E-state index contributed by atoms with van der Waals surface area (Å²) in [5, 5.41) is 13.3. The van der Waals surface area contributed by atoms with E-state index < -0.39 is 0 Å². The van der Waals surface area contributed by atoms with Crippen molar-refractivity contribution in [3.63, 3.8) is 0 Å². The first-order chi connectivity index (χ1) is 17.3. The second kappa shape index (κ2) is 9.31. The van der Waals surface area contributed by atoms with Crippen molar-refractivity contribution in [2.45, 2.75) is 33.1 Å². The van der Waals surface area contributed by atoms with Gasteiger partial charge < -0.3 is 14.4 Å². The Morgan fingerprint density at radius 3 is 2.46 bits per heavy atom. The first-order valence-electron chi connectivity index (χ1n) is 12.0. The summed E-state index contributed by atoms with van der Waals surface area (Å²) in [5.41, 5.74) is 4.70. The largest absolute Gasteiger partial charge is 0.506 e. The number of phenolic OH excluding ortho intramolecular Hbond substituents is 1. The van der Waals surface area contributed by atoms with E-state index in [-0.39, 0.29) is 32.2 Å². The molecule has 0 spiro atoms. The molecule has 0 aliphatic carbocycles. The van der Waals surface area contributed by atoms with Crippen molar-refractivity contribution < 1.29 is 30.9 Å². The summed E-state index contributed by atoms with van der Waals surface area (Å²) < 4.78 is 8.26. The summed E-state index contributed by atoms with van der Waals surface area (Å²) in [7, 11) is 0. The van der Waals surface area contributed by atoms with Crippen molar-refractivity contribution in [3.8, 4) is 23.2 Å². The van der Waals surface area contributed by atoms with Crippen molar-refractivity contribution in [1.29, 1.82) is 0 Å². The van der Waals surface area contributed by atoms with Gasteiger partial charge in [-0.05, 0) is 53.6 Å². The predicted octanol–water partition coefficient (Wildman–Crippen LogP) is 7.63. The van der Waals surface area contributed by atoms with Gasteiger partial charge in [-0.15, -0.1) is 17.5 Å². The summed E-state index contributed by atoms with van der Waals surface area (Å²) in [6.45, 7) is 8.67. The number of aryl methyl sites for hydroxylation is 1. The molecule has 3 aromatic carbocycles. The molecule has 0 aliphatic rings. The van der Waals surface area contributed by atoms with Gasteiger partial charge >= 0.3 is 0 Å². The Labute approximate surface area is 230 Å². The SMILES string of the molecule is Cc1cccc(-n2c3[c-]c(Oc4ccc5cccc(O)c5n4)ccc3c3cc(C(C)(C)C)ccc32)n1.[Pt]. The summed E-state index contributed by atoms with van der Waals surface area (Å²) in [6.07, 6.45) is 0. The number of aromatic hydroxyl groups is 1. The standard InChI is InChI=1S/C31H26N3O2.Pt/c1-19-7-5-10-28(32-19)34-25-15-12-21(31(2,3)4)17-24(25)23-14-13-22(18-26(23)34)36-29-16-11-20-8-6-9-27(35)30(20)33-29;/h5-17,35H,1-4H3;/q-1;. The maximum Gasteiger partial charge on any atom is 0.217 e. The molecule has 1 N–H and O–H groups in total. The van der Waals surface area contributed by atoms with Crippen molar-refractivity contribution >= 4 is 32.7 Å². The van der Waals surface area contributed by atoms with Crippen LogP contribution in [0.25, 0.3) is 38.5 Å². The van der Waals surface area contributed by atoms with Crippen LogP contribution < -0.4 is 4.74 Å². The van der Waals surface area contributed by atoms with Gasteiger partial charge in [0.1, 0.15) is 17.1 Å². The molecule has 0 amide bonds. The van der Waals surface area contributed by atoms with Gasteiger partial charge in [-0.25, -0.2) is 9.97 Å². The van der Waals surface area contributed by atoms with E-state index in [0.717, 1.165) is 38.7 Å². The van der Waals surface area contributed by atoms with Gasteiger partial charge in [0.15, 0.2) is 0 Å². The van der Waals surface area contributed by atoms with Gasteiger partial charge in [0, 0.05) is 49.5 Å². The van der Waals surface area contributed by atoms with Crippen LogP contribution in [0.2, 0.25) is 0 Å². The Morgan fingerprint density at radius 1 is 0.865 bits per heavy atom. The van der Waals surface area contributed by atoms with Crippen molar-refractivity contribution in [3.05, 3.63) is 96.2 Å². The molecule has 0 saturated carbocycles. The number of nitrogens with zero attached hydrogens (tertiary/aromatic N) is 3. The Kier molecular flexibility index (Phi) is 6.29. The minimum Gasteiger partial charge on any atom is -0.506 e. The van der Waals surface area contributed by atoms with E-state index in [2.05, 4.69) is 60.7 Å². The van der Waals surface area contributed by atoms with Crippen molar-refractivity contribution in [2.24, 2.45) is 0 Å². The van der Waals surface area contributed by atoms with Crippen molar-refractivity contribution in [1.82, 2.24) is 14.5 Å². The molecule has 6 rings (SSSR count). The number of fused-ring (bicyclic) bond motifs is 4. The maximum atomic E-state index is 10.2. The number of pyridine rings is 2. The molecule has 5 nitrogen and oxygen atoms in total. The van der Waals surface area contributed by atoms with Crippen LogP contribution in [0.3, 0.4) is 0 Å². The third kappa shape index (κ3) is 4.49. The third-order valence-corrected chi connectivity index (χ3v) is 6.51. The number of rotatable bonds is 3. The van der Waals surface area contributed by atoms with Crippen LogP contribution >= 0.6 is 0 Å². The van der Waals surface area contributed by atoms with Crippen LogP contribution in [0.15, 0.2) is 78.9 Å². The normalized spacial score (nSPS) is 11.7.